The molecule has 0 radical (unpaired) electrons. The predicted molar refractivity (Wildman–Crippen MR) is 178 cm³/mol. The topological polar surface area (TPSA) is 50.0 Å². The standard InChI is InChI=1S/C39H29N3O/c40-33(30-12-6-11-29(25-30)28-21-19-27(20-22-28)26-9-2-1-3-10-26)23-24-41-42-34-15-7-14-32-31-13-4-5-17-36(31)43-37-18-8-16-35(42)39(37)38(32)34/h1-16,18-25,36,40-41H,17H2/b24-23-,40-33?. The molecular formula is C39H29N3O. The van der Waals surface area contributed by atoms with Gasteiger partial charge in [0.15, 0.2) is 0 Å². The lowest BCUT2D eigenvalue weighted by molar-refractivity contribution is 0.265. The smallest absolute Gasteiger partial charge is 0.130 e. The first-order chi connectivity index (χ1) is 21.2. The van der Waals surface area contributed by atoms with Crippen LogP contribution in [0.5, 0.6) is 5.75 Å². The van der Waals surface area contributed by atoms with Crippen LogP contribution in [0.15, 0.2) is 146 Å². The number of benzene rings is 5. The zero-order chi connectivity index (χ0) is 28.8. The molecule has 4 nitrogen and oxygen atoms in total. The molecule has 2 aliphatic rings. The van der Waals surface area contributed by atoms with Crippen molar-refractivity contribution in [3.05, 3.63) is 157 Å². The Kier molecular flexibility index (Phi) is 6.04. The second-order valence-electron chi connectivity index (χ2n) is 11.0. The average Bonchev–Trinajstić information content (AvgIpc) is 3.31. The Balaban J connectivity index is 1.08. The first-order valence-corrected chi connectivity index (χ1v) is 14.6. The van der Waals surface area contributed by atoms with E-state index in [1.807, 2.05) is 36.5 Å². The van der Waals surface area contributed by atoms with E-state index >= 15 is 0 Å². The van der Waals surface area contributed by atoms with Crippen molar-refractivity contribution in [3.8, 4) is 28.0 Å². The van der Waals surface area contributed by atoms with Crippen molar-refractivity contribution in [2.24, 2.45) is 0 Å². The minimum absolute atomic E-state index is 0.0212. The van der Waals surface area contributed by atoms with Crippen LogP contribution in [0.25, 0.3) is 49.6 Å². The summed E-state index contributed by atoms with van der Waals surface area (Å²) >= 11 is 0. The number of hydrogen-bond donors (Lipinski definition) is 2. The number of aromatic nitrogens is 1. The van der Waals surface area contributed by atoms with Crippen molar-refractivity contribution in [2.45, 2.75) is 12.5 Å². The van der Waals surface area contributed by atoms with Gasteiger partial charge in [-0.15, -0.1) is 0 Å². The lowest BCUT2D eigenvalue weighted by Crippen LogP contribution is -2.19. The zero-order valence-corrected chi connectivity index (χ0v) is 23.5. The van der Waals surface area contributed by atoms with Crippen molar-refractivity contribution in [3.63, 3.8) is 0 Å². The van der Waals surface area contributed by atoms with E-state index in [2.05, 4.69) is 119 Å². The highest BCUT2D eigenvalue weighted by molar-refractivity contribution is 6.16. The molecule has 1 atom stereocenters. The number of hydrogen-bond acceptors (Lipinski definition) is 3. The molecule has 2 heterocycles. The molecular weight excluding hydrogens is 526 g/mol. The summed E-state index contributed by atoms with van der Waals surface area (Å²) in [5, 5.41) is 11.1. The molecule has 8 rings (SSSR count). The lowest BCUT2D eigenvalue weighted by Gasteiger charge is -2.22. The van der Waals surface area contributed by atoms with Gasteiger partial charge in [0.25, 0.3) is 0 Å². The Morgan fingerprint density at radius 3 is 2.28 bits per heavy atom. The minimum Gasteiger partial charge on any atom is -0.485 e. The third-order valence-corrected chi connectivity index (χ3v) is 8.42. The normalized spacial score (nSPS) is 15.3. The van der Waals surface area contributed by atoms with Crippen molar-refractivity contribution in [1.29, 1.82) is 5.41 Å². The molecule has 0 fully saturated rings. The molecule has 1 unspecified atom stereocenters. The highest BCUT2D eigenvalue weighted by Crippen LogP contribution is 2.44. The molecule has 1 aliphatic heterocycles. The van der Waals surface area contributed by atoms with Gasteiger partial charge < -0.3 is 15.6 Å². The maximum atomic E-state index is 8.83. The van der Waals surface area contributed by atoms with Crippen LogP contribution in [0.1, 0.15) is 17.5 Å². The Labute approximate surface area is 250 Å². The van der Waals surface area contributed by atoms with Crippen LogP contribution in [0, 0.1) is 5.41 Å². The molecule has 1 aliphatic carbocycles. The van der Waals surface area contributed by atoms with Gasteiger partial charge in [-0.25, -0.2) is 0 Å². The fourth-order valence-corrected chi connectivity index (χ4v) is 6.33. The van der Waals surface area contributed by atoms with Gasteiger partial charge in [0.1, 0.15) is 11.9 Å². The quantitative estimate of drug-likeness (QED) is 0.201. The maximum Gasteiger partial charge on any atom is 0.130 e. The highest BCUT2D eigenvalue weighted by Gasteiger charge is 2.28. The maximum absolute atomic E-state index is 8.83. The second kappa shape index (κ2) is 10.3. The molecule has 0 saturated heterocycles. The fourth-order valence-electron chi connectivity index (χ4n) is 6.33. The van der Waals surface area contributed by atoms with Gasteiger partial charge in [0, 0.05) is 29.1 Å². The Bertz CT molecular complexity index is 2110. The molecule has 5 aromatic carbocycles. The highest BCUT2D eigenvalue weighted by atomic mass is 16.5. The van der Waals surface area contributed by atoms with E-state index in [0.29, 0.717) is 5.71 Å². The van der Waals surface area contributed by atoms with Gasteiger partial charge in [0.05, 0.1) is 22.1 Å². The average molecular weight is 556 g/mol. The van der Waals surface area contributed by atoms with Gasteiger partial charge in [-0.1, -0.05) is 109 Å². The molecule has 4 heteroatoms. The summed E-state index contributed by atoms with van der Waals surface area (Å²) in [5.41, 5.74) is 13.9. The van der Waals surface area contributed by atoms with Gasteiger partial charge in [0.2, 0.25) is 0 Å². The number of allylic oxidation sites excluding steroid dienone is 3. The number of nitrogens with one attached hydrogen (secondary N) is 2. The number of ether oxygens (including phenoxy) is 1. The van der Waals surface area contributed by atoms with Crippen LogP contribution in [0.3, 0.4) is 0 Å². The third kappa shape index (κ3) is 4.36. The Hall–Kier alpha value is -5.61. The molecule has 43 heavy (non-hydrogen) atoms. The van der Waals surface area contributed by atoms with E-state index in [9.17, 15) is 0 Å². The third-order valence-electron chi connectivity index (χ3n) is 8.42. The Morgan fingerprint density at radius 1 is 0.744 bits per heavy atom. The summed E-state index contributed by atoms with van der Waals surface area (Å²) in [6, 6.07) is 39.9. The molecule has 1 aromatic heterocycles. The summed E-state index contributed by atoms with van der Waals surface area (Å²) < 4.78 is 8.65. The van der Waals surface area contributed by atoms with E-state index in [4.69, 9.17) is 10.1 Å². The molecule has 0 bridgehead atoms. The van der Waals surface area contributed by atoms with Crippen molar-refractivity contribution in [1.82, 2.24) is 4.68 Å². The first kappa shape index (κ1) is 25.1. The molecule has 0 saturated carbocycles. The SMILES string of the molecule is N=C(/C=C\Nn1c2cccc3c2c2c(cccc21)C1=CC=CCC1O3)c1cccc(-c2ccc(-c3ccccc3)cc2)c1. The van der Waals surface area contributed by atoms with Crippen LogP contribution in [-0.4, -0.2) is 16.5 Å². The van der Waals surface area contributed by atoms with Gasteiger partial charge in [-0.3, -0.25) is 4.68 Å². The molecule has 6 aromatic rings. The van der Waals surface area contributed by atoms with E-state index in [1.54, 1.807) is 0 Å². The zero-order valence-electron chi connectivity index (χ0n) is 23.5. The van der Waals surface area contributed by atoms with Gasteiger partial charge in [-0.2, -0.15) is 0 Å². The summed E-state index contributed by atoms with van der Waals surface area (Å²) in [4.78, 5) is 0. The summed E-state index contributed by atoms with van der Waals surface area (Å²) in [6.07, 6.45) is 11.0. The van der Waals surface area contributed by atoms with Crippen LogP contribution < -0.4 is 10.2 Å². The second-order valence-corrected chi connectivity index (χ2v) is 11.0. The van der Waals surface area contributed by atoms with E-state index in [1.165, 1.54) is 27.6 Å². The molecule has 0 amide bonds. The predicted octanol–water partition coefficient (Wildman–Crippen LogP) is 9.36. The van der Waals surface area contributed by atoms with Crippen molar-refractivity contribution in [2.75, 3.05) is 5.43 Å². The van der Waals surface area contributed by atoms with Gasteiger partial charge >= 0.3 is 0 Å². The number of nitrogens with zero attached hydrogens (tertiary/aromatic N) is 1. The fraction of sp³-hybridized carbons (Fsp3) is 0.0513. The summed E-state index contributed by atoms with van der Waals surface area (Å²) in [5.74, 6) is 0.907. The van der Waals surface area contributed by atoms with Crippen LogP contribution >= 0.6 is 0 Å². The van der Waals surface area contributed by atoms with E-state index in [0.717, 1.165) is 45.3 Å². The van der Waals surface area contributed by atoms with Crippen molar-refractivity contribution < 1.29 is 4.74 Å². The van der Waals surface area contributed by atoms with Crippen LogP contribution in [0.2, 0.25) is 0 Å². The number of fused-ring (bicyclic) bond motifs is 2. The van der Waals surface area contributed by atoms with E-state index < -0.39 is 0 Å². The molecule has 0 spiro atoms. The molecule has 206 valence electrons. The minimum atomic E-state index is 0.0212. The lowest BCUT2D eigenvalue weighted by atomic mass is 9.92. The first-order valence-electron chi connectivity index (χ1n) is 14.6. The van der Waals surface area contributed by atoms with E-state index in [-0.39, 0.29) is 6.10 Å². The molecule has 2 N–H and O–H groups in total. The monoisotopic (exact) mass is 555 g/mol. The largest absolute Gasteiger partial charge is 0.485 e. The van der Waals surface area contributed by atoms with Gasteiger partial charge in [-0.05, 0) is 58.2 Å². The Morgan fingerprint density at radius 2 is 1.44 bits per heavy atom. The van der Waals surface area contributed by atoms with Crippen molar-refractivity contribution >= 4 is 33.1 Å². The number of rotatable bonds is 6. The van der Waals surface area contributed by atoms with Crippen LogP contribution in [-0.2, 0) is 0 Å². The van der Waals surface area contributed by atoms with Crippen LogP contribution in [0.4, 0.5) is 0 Å². The summed E-state index contributed by atoms with van der Waals surface area (Å²) in [7, 11) is 0. The summed E-state index contributed by atoms with van der Waals surface area (Å²) in [6.45, 7) is 0.